The Bertz CT molecular complexity index is 356. The molecule has 1 amide bonds. The van der Waals surface area contributed by atoms with Gasteiger partial charge >= 0.3 is 6.09 Å². The van der Waals surface area contributed by atoms with Gasteiger partial charge in [0.15, 0.2) is 5.16 Å². The van der Waals surface area contributed by atoms with Crippen LogP contribution in [0.5, 0.6) is 0 Å². The van der Waals surface area contributed by atoms with Crippen LogP contribution in [0.3, 0.4) is 0 Å². The minimum Gasteiger partial charge on any atom is -0.444 e. The summed E-state index contributed by atoms with van der Waals surface area (Å²) in [7, 11) is 0. The third-order valence-electron chi connectivity index (χ3n) is 1.60. The van der Waals surface area contributed by atoms with Gasteiger partial charge in [-0.1, -0.05) is 11.8 Å². The zero-order chi connectivity index (χ0) is 9.26. The number of carbonyl (C=O) groups excluding carboxylic acids is 1. The standard InChI is InChI=1S/C7H7N3O2S/c1-13-6-8-2-4-3-12-7(11)10-5(4)9-6/h2H,3H2,1H3,(H,8,9,10,11). The van der Waals surface area contributed by atoms with Gasteiger partial charge in [-0.05, 0) is 6.26 Å². The molecule has 2 heterocycles. The number of hydrogen-bond donors (Lipinski definition) is 1. The molecule has 0 aliphatic carbocycles. The second kappa shape index (κ2) is 3.21. The van der Waals surface area contributed by atoms with E-state index in [1.165, 1.54) is 11.8 Å². The zero-order valence-corrected chi connectivity index (χ0v) is 7.72. The SMILES string of the molecule is CSc1ncc2c(n1)NC(=O)OC2. The van der Waals surface area contributed by atoms with Gasteiger partial charge in [0.2, 0.25) is 0 Å². The molecule has 0 spiro atoms. The van der Waals surface area contributed by atoms with Gasteiger partial charge in [0.1, 0.15) is 12.4 Å². The fourth-order valence-electron chi connectivity index (χ4n) is 0.979. The Morgan fingerprint density at radius 3 is 3.31 bits per heavy atom. The number of nitrogens with zero attached hydrogens (tertiary/aromatic N) is 2. The number of thioether (sulfide) groups is 1. The Morgan fingerprint density at radius 1 is 1.69 bits per heavy atom. The maximum absolute atomic E-state index is 10.8. The molecule has 0 saturated carbocycles. The molecule has 0 radical (unpaired) electrons. The molecule has 1 N–H and O–H groups in total. The number of rotatable bonds is 1. The lowest BCUT2D eigenvalue weighted by atomic mass is 10.3. The number of anilines is 1. The first-order valence-corrected chi connectivity index (χ1v) is 4.86. The molecule has 0 saturated heterocycles. The number of nitrogens with one attached hydrogen (secondary N) is 1. The first kappa shape index (κ1) is 8.31. The highest BCUT2D eigenvalue weighted by Gasteiger charge is 2.17. The molecule has 0 unspecified atom stereocenters. The second-order valence-corrected chi connectivity index (χ2v) is 3.21. The molecule has 5 nitrogen and oxygen atoms in total. The lowest BCUT2D eigenvalue weighted by Crippen LogP contribution is -2.21. The number of ether oxygens (including phenoxy) is 1. The van der Waals surface area contributed by atoms with Crippen LogP contribution < -0.4 is 5.32 Å². The van der Waals surface area contributed by atoms with Crippen LogP contribution in [0.25, 0.3) is 0 Å². The van der Waals surface area contributed by atoms with E-state index in [0.717, 1.165) is 5.56 Å². The Morgan fingerprint density at radius 2 is 2.54 bits per heavy atom. The summed E-state index contributed by atoms with van der Waals surface area (Å²) in [6, 6.07) is 0. The van der Waals surface area contributed by atoms with Crippen molar-refractivity contribution in [3.63, 3.8) is 0 Å². The van der Waals surface area contributed by atoms with Gasteiger partial charge in [-0.15, -0.1) is 0 Å². The average molecular weight is 197 g/mol. The van der Waals surface area contributed by atoms with Crippen molar-refractivity contribution in [3.05, 3.63) is 11.8 Å². The Hall–Kier alpha value is -1.30. The van der Waals surface area contributed by atoms with Crippen molar-refractivity contribution in [2.24, 2.45) is 0 Å². The van der Waals surface area contributed by atoms with Crippen LogP contribution >= 0.6 is 11.8 Å². The highest BCUT2D eigenvalue weighted by Crippen LogP contribution is 2.20. The predicted molar refractivity (Wildman–Crippen MR) is 47.6 cm³/mol. The van der Waals surface area contributed by atoms with Crippen molar-refractivity contribution < 1.29 is 9.53 Å². The Labute approximate surface area is 78.9 Å². The summed E-state index contributed by atoms with van der Waals surface area (Å²) in [6.45, 7) is 0.246. The zero-order valence-electron chi connectivity index (χ0n) is 6.90. The molecule has 0 atom stereocenters. The molecule has 0 bridgehead atoms. The van der Waals surface area contributed by atoms with Gasteiger partial charge in [0, 0.05) is 6.20 Å². The van der Waals surface area contributed by atoms with E-state index in [-0.39, 0.29) is 6.61 Å². The van der Waals surface area contributed by atoms with Crippen LogP contribution in [0.15, 0.2) is 11.4 Å². The number of fused-ring (bicyclic) bond motifs is 1. The topological polar surface area (TPSA) is 64.1 Å². The summed E-state index contributed by atoms with van der Waals surface area (Å²) < 4.78 is 4.74. The molecular formula is C7H7N3O2S. The lowest BCUT2D eigenvalue weighted by Gasteiger charge is -2.15. The van der Waals surface area contributed by atoms with E-state index in [1.54, 1.807) is 6.20 Å². The summed E-state index contributed by atoms with van der Waals surface area (Å²) in [5, 5.41) is 3.15. The van der Waals surface area contributed by atoms with Gasteiger partial charge in [0.25, 0.3) is 0 Å². The minimum absolute atomic E-state index is 0.246. The summed E-state index contributed by atoms with van der Waals surface area (Å²) in [6.07, 6.45) is 3.08. The third kappa shape index (κ3) is 1.57. The van der Waals surface area contributed by atoms with Crippen LogP contribution in [-0.2, 0) is 11.3 Å². The molecule has 1 aliphatic heterocycles. The Balaban J connectivity index is 2.38. The van der Waals surface area contributed by atoms with Crippen LogP contribution in [0.4, 0.5) is 10.6 Å². The average Bonchev–Trinajstić information content (AvgIpc) is 2.16. The number of aromatic nitrogens is 2. The smallest absolute Gasteiger partial charge is 0.413 e. The van der Waals surface area contributed by atoms with Gasteiger partial charge in [-0.25, -0.2) is 14.8 Å². The minimum atomic E-state index is -0.460. The summed E-state index contributed by atoms with van der Waals surface area (Å²) >= 11 is 1.43. The molecule has 1 aliphatic rings. The molecule has 6 heteroatoms. The van der Waals surface area contributed by atoms with Crippen LogP contribution in [0, 0.1) is 0 Å². The van der Waals surface area contributed by atoms with Crippen molar-refractivity contribution in [1.82, 2.24) is 9.97 Å². The molecule has 0 aromatic carbocycles. The Kier molecular flexibility index (Phi) is 2.05. The second-order valence-electron chi connectivity index (χ2n) is 2.43. The van der Waals surface area contributed by atoms with E-state index in [2.05, 4.69) is 15.3 Å². The summed E-state index contributed by atoms with van der Waals surface area (Å²) in [4.78, 5) is 19.0. The number of amides is 1. The third-order valence-corrected chi connectivity index (χ3v) is 2.17. The first-order chi connectivity index (χ1) is 6.29. The lowest BCUT2D eigenvalue weighted by molar-refractivity contribution is 0.150. The molecule has 1 aromatic heterocycles. The van der Waals surface area contributed by atoms with Crippen LogP contribution in [0.1, 0.15) is 5.56 Å². The molecule has 68 valence electrons. The molecule has 2 rings (SSSR count). The van der Waals surface area contributed by atoms with Gasteiger partial charge in [-0.3, -0.25) is 5.32 Å². The van der Waals surface area contributed by atoms with E-state index in [4.69, 9.17) is 4.74 Å². The summed E-state index contributed by atoms with van der Waals surface area (Å²) in [5.74, 6) is 0.551. The van der Waals surface area contributed by atoms with E-state index < -0.39 is 6.09 Å². The van der Waals surface area contributed by atoms with Gasteiger partial charge in [-0.2, -0.15) is 0 Å². The highest BCUT2D eigenvalue weighted by molar-refractivity contribution is 7.98. The number of carbonyl (C=O) groups is 1. The largest absolute Gasteiger partial charge is 0.444 e. The van der Waals surface area contributed by atoms with Crippen molar-refractivity contribution in [2.45, 2.75) is 11.8 Å². The van der Waals surface area contributed by atoms with Gasteiger partial charge in [0.05, 0.1) is 5.56 Å². The maximum atomic E-state index is 10.8. The fraction of sp³-hybridized carbons (Fsp3) is 0.286. The van der Waals surface area contributed by atoms with Gasteiger partial charge < -0.3 is 4.74 Å². The van der Waals surface area contributed by atoms with Crippen LogP contribution in [0.2, 0.25) is 0 Å². The van der Waals surface area contributed by atoms with E-state index in [0.29, 0.717) is 11.0 Å². The van der Waals surface area contributed by atoms with E-state index in [9.17, 15) is 4.79 Å². The number of cyclic esters (lactones) is 1. The van der Waals surface area contributed by atoms with Crippen molar-refractivity contribution >= 4 is 23.7 Å². The predicted octanol–water partition coefficient (Wildman–Crippen LogP) is 1.26. The highest BCUT2D eigenvalue weighted by atomic mass is 32.2. The summed E-state index contributed by atoms with van der Waals surface area (Å²) in [5.41, 5.74) is 0.803. The molecule has 1 aromatic rings. The maximum Gasteiger partial charge on any atom is 0.413 e. The van der Waals surface area contributed by atoms with Crippen molar-refractivity contribution in [3.8, 4) is 0 Å². The molecular weight excluding hydrogens is 190 g/mol. The van der Waals surface area contributed by atoms with E-state index >= 15 is 0 Å². The van der Waals surface area contributed by atoms with E-state index in [1.807, 2.05) is 6.26 Å². The van der Waals surface area contributed by atoms with Crippen LogP contribution in [-0.4, -0.2) is 22.3 Å². The first-order valence-electron chi connectivity index (χ1n) is 3.63. The molecule has 13 heavy (non-hydrogen) atoms. The van der Waals surface area contributed by atoms with Crippen molar-refractivity contribution in [2.75, 3.05) is 11.6 Å². The number of hydrogen-bond acceptors (Lipinski definition) is 5. The monoisotopic (exact) mass is 197 g/mol. The molecule has 0 fully saturated rings. The normalized spacial score (nSPS) is 14.4. The quantitative estimate of drug-likeness (QED) is 0.542. The fourth-order valence-corrected chi connectivity index (χ4v) is 1.32. The van der Waals surface area contributed by atoms with Crippen molar-refractivity contribution in [1.29, 1.82) is 0 Å².